The molecule has 2 heterocycles. The van der Waals surface area contributed by atoms with Gasteiger partial charge >= 0.3 is 6.61 Å². The summed E-state index contributed by atoms with van der Waals surface area (Å²) in [4.78, 5) is 21.6. The molecule has 1 unspecified atom stereocenters. The number of hydrogen-bond acceptors (Lipinski definition) is 8. The highest BCUT2D eigenvalue weighted by Crippen LogP contribution is 2.36. The van der Waals surface area contributed by atoms with Crippen LogP contribution in [0, 0.1) is 5.92 Å². The van der Waals surface area contributed by atoms with Crippen LogP contribution in [0.2, 0.25) is 0 Å². The molecule has 11 heteroatoms. The van der Waals surface area contributed by atoms with Gasteiger partial charge in [-0.2, -0.15) is 8.78 Å². The van der Waals surface area contributed by atoms with E-state index in [2.05, 4.69) is 14.6 Å². The Hall–Kier alpha value is -2.76. The second-order valence-corrected chi connectivity index (χ2v) is 8.63. The maximum Gasteiger partial charge on any atom is 0.387 e. The Morgan fingerprint density at radius 2 is 2.09 bits per heavy atom. The van der Waals surface area contributed by atoms with Gasteiger partial charge in [-0.05, 0) is 43.9 Å². The van der Waals surface area contributed by atoms with Crippen molar-refractivity contribution in [3.05, 3.63) is 29.7 Å². The van der Waals surface area contributed by atoms with Gasteiger partial charge in [0.05, 0.1) is 19.9 Å². The summed E-state index contributed by atoms with van der Waals surface area (Å²) in [6.45, 7) is 1.78. The van der Waals surface area contributed by atoms with Crippen LogP contribution in [0.5, 0.6) is 11.5 Å². The van der Waals surface area contributed by atoms with Gasteiger partial charge in [0.1, 0.15) is 0 Å². The van der Waals surface area contributed by atoms with E-state index >= 15 is 0 Å². The smallest absolute Gasteiger partial charge is 0.387 e. The molecule has 2 fully saturated rings. The summed E-state index contributed by atoms with van der Waals surface area (Å²) >= 11 is 0. The molecule has 2 aromatic rings. The Morgan fingerprint density at radius 1 is 1.29 bits per heavy atom. The molecule has 1 aromatic heterocycles. The Labute approximate surface area is 196 Å². The second-order valence-electron chi connectivity index (χ2n) is 8.63. The van der Waals surface area contributed by atoms with Crippen molar-refractivity contribution >= 4 is 5.91 Å². The van der Waals surface area contributed by atoms with E-state index in [-0.39, 0.29) is 47.3 Å². The van der Waals surface area contributed by atoms with Gasteiger partial charge in [0.25, 0.3) is 5.91 Å². The first kappa shape index (κ1) is 24.4. The standard InChI is InChI=1S/C23H30F2N4O5/c1-14-11-28(13-31-2)7-8-29(14)22(30)20-19(10-26)33-21(27-20)16-5-6-17(34-23(24)25)18(9-16)32-12-15-3-4-15/h5-6,9,14-15,23H,3-4,7-8,10-13,26H2,1-2H3. The molecule has 0 radical (unpaired) electrons. The van der Waals surface area contributed by atoms with E-state index in [0.29, 0.717) is 44.5 Å². The molecular weight excluding hydrogens is 450 g/mol. The van der Waals surface area contributed by atoms with E-state index in [1.54, 1.807) is 12.0 Å². The highest BCUT2D eigenvalue weighted by atomic mass is 19.3. The van der Waals surface area contributed by atoms with Crippen molar-refractivity contribution < 1.29 is 32.2 Å². The molecule has 1 saturated carbocycles. The third-order valence-corrected chi connectivity index (χ3v) is 5.95. The zero-order valence-electron chi connectivity index (χ0n) is 19.3. The molecule has 1 amide bonds. The lowest BCUT2D eigenvalue weighted by atomic mass is 10.1. The molecule has 2 aliphatic rings. The van der Waals surface area contributed by atoms with Crippen molar-refractivity contribution in [2.24, 2.45) is 11.7 Å². The van der Waals surface area contributed by atoms with Crippen molar-refractivity contribution in [3.8, 4) is 23.0 Å². The first-order valence-corrected chi connectivity index (χ1v) is 11.3. The number of halogens is 2. The van der Waals surface area contributed by atoms with Gasteiger partial charge in [-0.25, -0.2) is 4.98 Å². The monoisotopic (exact) mass is 480 g/mol. The third kappa shape index (κ3) is 5.65. The van der Waals surface area contributed by atoms with E-state index in [1.807, 2.05) is 6.92 Å². The van der Waals surface area contributed by atoms with Gasteiger partial charge in [0, 0.05) is 38.3 Å². The molecule has 1 aliphatic heterocycles. The Bertz CT molecular complexity index is 998. The molecule has 1 saturated heterocycles. The minimum atomic E-state index is -2.98. The van der Waals surface area contributed by atoms with E-state index in [9.17, 15) is 13.6 Å². The first-order valence-electron chi connectivity index (χ1n) is 11.3. The number of alkyl halides is 2. The van der Waals surface area contributed by atoms with E-state index in [1.165, 1.54) is 18.2 Å². The zero-order valence-corrected chi connectivity index (χ0v) is 19.3. The normalized spacial score (nSPS) is 19.0. The topological polar surface area (TPSA) is 103 Å². The molecule has 0 bridgehead atoms. The quantitative estimate of drug-likeness (QED) is 0.554. The van der Waals surface area contributed by atoms with Crippen molar-refractivity contribution in [3.63, 3.8) is 0 Å². The molecule has 4 rings (SSSR count). The molecule has 2 N–H and O–H groups in total. The fourth-order valence-corrected chi connectivity index (χ4v) is 3.99. The van der Waals surface area contributed by atoms with Crippen LogP contribution in [0.4, 0.5) is 8.78 Å². The lowest BCUT2D eigenvalue weighted by Gasteiger charge is -2.39. The maximum absolute atomic E-state index is 13.3. The predicted molar refractivity (Wildman–Crippen MR) is 119 cm³/mol. The van der Waals surface area contributed by atoms with Crippen LogP contribution in [0.3, 0.4) is 0 Å². The lowest BCUT2D eigenvalue weighted by Crippen LogP contribution is -2.54. The fourth-order valence-electron chi connectivity index (χ4n) is 3.99. The zero-order chi connectivity index (χ0) is 24.2. The summed E-state index contributed by atoms with van der Waals surface area (Å²) in [5.41, 5.74) is 6.47. The molecule has 0 spiro atoms. The van der Waals surface area contributed by atoms with Crippen LogP contribution in [0.25, 0.3) is 11.5 Å². The Balaban J connectivity index is 1.56. The van der Waals surface area contributed by atoms with Crippen molar-refractivity contribution in [1.29, 1.82) is 0 Å². The minimum Gasteiger partial charge on any atom is -0.489 e. The fraction of sp³-hybridized carbons (Fsp3) is 0.565. The van der Waals surface area contributed by atoms with Gasteiger partial charge in [-0.1, -0.05) is 0 Å². The van der Waals surface area contributed by atoms with Crippen LogP contribution in [-0.2, 0) is 11.3 Å². The number of aromatic nitrogens is 1. The van der Waals surface area contributed by atoms with Gasteiger partial charge in [0.15, 0.2) is 23.0 Å². The first-order chi connectivity index (χ1) is 16.4. The van der Waals surface area contributed by atoms with Gasteiger partial charge < -0.3 is 29.3 Å². The van der Waals surface area contributed by atoms with Crippen LogP contribution < -0.4 is 15.2 Å². The largest absolute Gasteiger partial charge is 0.489 e. The third-order valence-electron chi connectivity index (χ3n) is 5.95. The molecule has 1 atom stereocenters. The highest BCUT2D eigenvalue weighted by molar-refractivity contribution is 5.94. The number of oxazole rings is 1. The van der Waals surface area contributed by atoms with E-state index < -0.39 is 6.61 Å². The Morgan fingerprint density at radius 3 is 2.74 bits per heavy atom. The predicted octanol–water partition coefficient (Wildman–Crippen LogP) is 2.94. The van der Waals surface area contributed by atoms with Crippen molar-refractivity contribution in [2.75, 3.05) is 40.1 Å². The number of piperazine rings is 1. The number of benzene rings is 1. The number of nitrogens with two attached hydrogens (primary N) is 1. The summed E-state index contributed by atoms with van der Waals surface area (Å²) in [5.74, 6) is 0.693. The molecule has 9 nitrogen and oxygen atoms in total. The maximum atomic E-state index is 13.3. The number of hydrogen-bond donors (Lipinski definition) is 1. The van der Waals surface area contributed by atoms with Crippen LogP contribution >= 0.6 is 0 Å². The number of amides is 1. The number of carbonyl (C=O) groups is 1. The molecule has 186 valence electrons. The average molecular weight is 481 g/mol. The van der Waals surface area contributed by atoms with Gasteiger partial charge in [0.2, 0.25) is 5.89 Å². The summed E-state index contributed by atoms with van der Waals surface area (Å²) in [7, 11) is 1.64. The van der Waals surface area contributed by atoms with E-state index in [4.69, 9.17) is 19.6 Å². The van der Waals surface area contributed by atoms with Crippen LogP contribution in [0.15, 0.2) is 22.6 Å². The lowest BCUT2D eigenvalue weighted by molar-refractivity contribution is -0.0515. The van der Waals surface area contributed by atoms with Crippen molar-refractivity contribution in [1.82, 2.24) is 14.8 Å². The SMILES string of the molecule is COCN1CCN(C(=O)c2nc(-c3ccc(OC(F)F)c(OCC4CC4)c3)oc2CN)C(C)C1. The van der Waals surface area contributed by atoms with Crippen LogP contribution in [0.1, 0.15) is 36.0 Å². The summed E-state index contributed by atoms with van der Waals surface area (Å²) < 4.78 is 47.0. The Kier molecular flexibility index (Phi) is 7.64. The summed E-state index contributed by atoms with van der Waals surface area (Å²) in [6.07, 6.45) is 2.10. The molecular formula is C23H30F2N4O5. The molecule has 1 aliphatic carbocycles. The number of nitrogens with zero attached hydrogens (tertiary/aromatic N) is 3. The average Bonchev–Trinajstić information content (AvgIpc) is 3.54. The number of methoxy groups -OCH3 is 1. The number of ether oxygens (including phenoxy) is 3. The highest BCUT2D eigenvalue weighted by Gasteiger charge is 2.32. The number of rotatable bonds is 10. The minimum absolute atomic E-state index is 0.0102. The summed E-state index contributed by atoms with van der Waals surface area (Å²) in [6, 6.07) is 4.41. The van der Waals surface area contributed by atoms with Crippen LogP contribution in [-0.4, -0.2) is 73.4 Å². The van der Waals surface area contributed by atoms with E-state index in [0.717, 1.165) is 12.8 Å². The van der Waals surface area contributed by atoms with Gasteiger partial charge in [-0.3, -0.25) is 9.69 Å². The van der Waals surface area contributed by atoms with Crippen molar-refractivity contribution in [2.45, 2.75) is 39.0 Å². The molecule has 1 aromatic carbocycles. The molecule has 34 heavy (non-hydrogen) atoms. The summed E-state index contributed by atoms with van der Waals surface area (Å²) in [5, 5.41) is 0. The van der Waals surface area contributed by atoms with Gasteiger partial charge in [-0.15, -0.1) is 0 Å². The second kappa shape index (κ2) is 10.7. The number of carbonyl (C=O) groups excluding carboxylic acids is 1.